The van der Waals surface area contributed by atoms with Gasteiger partial charge in [0.2, 0.25) is 0 Å². The number of rotatable bonds is 3. The summed E-state index contributed by atoms with van der Waals surface area (Å²) in [5, 5.41) is 6.12. The van der Waals surface area contributed by atoms with Gasteiger partial charge < -0.3 is 11.2 Å². The molecule has 0 fully saturated rings. The van der Waals surface area contributed by atoms with Crippen molar-refractivity contribution in [2.24, 2.45) is 0 Å². The molecule has 16 heavy (non-hydrogen) atoms. The fourth-order valence-corrected chi connectivity index (χ4v) is 1.45. The fourth-order valence-electron chi connectivity index (χ4n) is 0.963. The van der Waals surface area contributed by atoms with Gasteiger partial charge in [-0.2, -0.15) is 4.68 Å². The van der Waals surface area contributed by atoms with E-state index in [-0.39, 0.29) is 17.6 Å². The molecule has 0 saturated carbocycles. The summed E-state index contributed by atoms with van der Waals surface area (Å²) in [4.78, 5) is 23.0. The highest BCUT2D eigenvalue weighted by atomic mass is 35.5. The van der Waals surface area contributed by atoms with Crippen LogP contribution in [0.3, 0.4) is 0 Å². The first-order valence-electron chi connectivity index (χ1n) is 4.37. The number of amides is 1. The molecule has 0 spiro atoms. The maximum Gasteiger partial charge on any atom is 0.373 e. The first-order chi connectivity index (χ1) is 7.51. The van der Waals surface area contributed by atoms with Crippen LogP contribution in [0.15, 0.2) is 4.79 Å². The quantitative estimate of drug-likeness (QED) is 0.569. The molecular weight excluding hydrogens is 257 g/mol. The van der Waals surface area contributed by atoms with Gasteiger partial charge >= 0.3 is 11.7 Å². The molecule has 0 aliphatic carbocycles. The lowest BCUT2D eigenvalue weighted by Crippen LogP contribution is -2.45. The van der Waals surface area contributed by atoms with Crippen molar-refractivity contribution < 1.29 is 4.79 Å². The monoisotopic (exact) mass is 267 g/mol. The molecule has 1 rings (SSSR count). The summed E-state index contributed by atoms with van der Waals surface area (Å²) in [6.45, 7) is 1.51. The van der Waals surface area contributed by atoms with Crippen molar-refractivity contribution in [3.05, 3.63) is 16.3 Å². The third-order valence-electron chi connectivity index (χ3n) is 1.87. The zero-order valence-electron chi connectivity index (χ0n) is 8.48. The Balaban J connectivity index is 2.89. The van der Waals surface area contributed by atoms with E-state index in [0.717, 1.165) is 4.68 Å². The Morgan fingerprint density at radius 2 is 2.12 bits per heavy atom. The van der Waals surface area contributed by atoms with E-state index in [9.17, 15) is 9.59 Å². The Bertz CT molecular complexity index is 436. The molecule has 0 saturated heterocycles. The van der Waals surface area contributed by atoms with Crippen molar-refractivity contribution in [2.45, 2.75) is 13.0 Å². The van der Waals surface area contributed by atoms with Crippen LogP contribution < -0.4 is 16.8 Å². The van der Waals surface area contributed by atoms with Crippen molar-refractivity contribution >= 4 is 29.2 Å². The summed E-state index contributed by atoms with van der Waals surface area (Å²) in [6, 6.07) is -1.13. The predicted octanol–water partition coefficient (Wildman–Crippen LogP) is -0.529. The predicted molar refractivity (Wildman–Crippen MR) is 60.5 cm³/mol. The minimum absolute atomic E-state index is 0.145. The van der Waals surface area contributed by atoms with Gasteiger partial charge in [0.25, 0.3) is 0 Å². The van der Waals surface area contributed by atoms with E-state index in [4.69, 9.17) is 29.0 Å². The van der Waals surface area contributed by atoms with Crippen molar-refractivity contribution in [3.8, 4) is 0 Å². The molecule has 0 unspecified atom stereocenters. The van der Waals surface area contributed by atoms with Gasteiger partial charge in [-0.3, -0.25) is 0 Å². The molecule has 7 nitrogen and oxygen atoms in total. The number of halogens is 2. The number of carbonyl (C=O) groups is 1. The van der Waals surface area contributed by atoms with Gasteiger partial charge in [0.05, 0.1) is 6.04 Å². The zero-order chi connectivity index (χ0) is 12.3. The molecule has 1 heterocycles. The molecular formula is C7H11Cl2N5O2. The lowest BCUT2D eigenvalue weighted by molar-refractivity contribution is 0.236. The molecule has 1 aromatic rings. The number of hydrogen-bond donors (Lipinski definition) is 2. The summed E-state index contributed by atoms with van der Waals surface area (Å²) in [5.74, 6) is 5.85. The van der Waals surface area contributed by atoms with Gasteiger partial charge in [0, 0.05) is 11.8 Å². The number of nitrogens with zero attached hydrogens (tertiary/aromatic N) is 3. The largest absolute Gasteiger partial charge is 0.373 e. The maximum atomic E-state index is 11.6. The van der Waals surface area contributed by atoms with Gasteiger partial charge in [-0.15, -0.1) is 33.0 Å². The highest BCUT2D eigenvalue weighted by Crippen LogP contribution is 1.93. The van der Waals surface area contributed by atoms with Crippen LogP contribution in [0.4, 0.5) is 4.79 Å². The van der Waals surface area contributed by atoms with Crippen LogP contribution in [0.2, 0.25) is 0 Å². The Labute approximate surface area is 101 Å². The van der Waals surface area contributed by atoms with E-state index in [1.807, 2.05) is 0 Å². The van der Waals surface area contributed by atoms with Crippen molar-refractivity contribution in [2.75, 3.05) is 17.6 Å². The molecule has 1 amide bonds. The number of aryl methyl sites for hydroxylation is 1. The SMILES string of the molecule is Cc1nn(C(=O)NC(CCl)CCl)c(=O)n1N. The molecule has 0 bridgehead atoms. The molecule has 9 heteroatoms. The van der Waals surface area contributed by atoms with Crippen LogP contribution in [0, 0.1) is 6.92 Å². The second-order valence-electron chi connectivity index (χ2n) is 3.07. The van der Waals surface area contributed by atoms with Gasteiger partial charge in [-0.05, 0) is 6.92 Å². The van der Waals surface area contributed by atoms with Gasteiger partial charge in [0.1, 0.15) is 0 Å². The lowest BCUT2D eigenvalue weighted by Gasteiger charge is -2.11. The smallest absolute Gasteiger partial charge is 0.333 e. The summed E-state index contributed by atoms with van der Waals surface area (Å²) in [7, 11) is 0. The summed E-state index contributed by atoms with van der Waals surface area (Å²) >= 11 is 11.1. The van der Waals surface area contributed by atoms with E-state index >= 15 is 0 Å². The van der Waals surface area contributed by atoms with Crippen LogP contribution >= 0.6 is 23.2 Å². The molecule has 0 aliphatic rings. The molecule has 0 radical (unpaired) electrons. The number of hydrogen-bond acceptors (Lipinski definition) is 4. The standard InChI is InChI=1S/C7H11Cl2N5O2/c1-4-12-14(7(16)13(4)10)6(15)11-5(2-8)3-9/h5H,2-3,10H2,1H3,(H,11,15). The third-order valence-corrected chi connectivity index (χ3v) is 2.62. The molecule has 3 N–H and O–H groups in total. The van der Waals surface area contributed by atoms with Gasteiger partial charge in [-0.25, -0.2) is 9.59 Å². The van der Waals surface area contributed by atoms with Crippen LogP contribution in [0.5, 0.6) is 0 Å². The minimum Gasteiger partial charge on any atom is -0.333 e. The molecule has 0 aliphatic heterocycles. The summed E-state index contributed by atoms with van der Waals surface area (Å²) < 4.78 is 1.40. The third kappa shape index (κ3) is 2.48. The van der Waals surface area contributed by atoms with Gasteiger partial charge in [0.15, 0.2) is 5.82 Å². The first kappa shape index (κ1) is 12.9. The number of alkyl halides is 2. The van der Waals surface area contributed by atoms with Crippen LogP contribution in [0.25, 0.3) is 0 Å². The first-order valence-corrected chi connectivity index (χ1v) is 5.44. The second-order valence-corrected chi connectivity index (χ2v) is 3.68. The Morgan fingerprint density at radius 1 is 1.56 bits per heavy atom. The van der Waals surface area contributed by atoms with Crippen molar-refractivity contribution in [1.29, 1.82) is 0 Å². The number of nitrogen functional groups attached to an aromatic ring is 1. The van der Waals surface area contributed by atoms with Crippen LogP contribution in [-0.2, 0) is 0 Å². The topological polar surface area (TPSA) is 94.9 Å². The molecule has 0 atom stereocenters. The lowest BCUT2D eigenvalue weighted by atomic mass is 10.4. The zero-order valence-corrected chi connectivity index (χ0v) is 9.99. The average molecular weight is 268 g/mol. The number of nitrogens with one attached hydrogen (secondary N) is 1. The number of aromatic nitrogens is 3. The minimum atomic E-state index is -0.724. The fraction of sp³-hybridized carbons (Fsp3) is 0.571. The van der Waals surface area contributed by atoms with Gasteiger partial charge in [-0.1, -0.05) is 0 Å². The normalized spacial score (nSPS) is 10.8. The molecule has 0 aromatic carbocycles. The van der Waals surface area contributed by atoms with E-state index in [0.29, 0.717) is 4.68 Å². The van der Waals surface area contributed by atoms with E-state index in [1.54, 1.807) is 0 Å². The van der Waals surface area contributed by atoms with E-state index in [2.05, 4.69) is 10.4 Å². The Hall–Kier alpha value is -1.21. The number of carbonyl (C=O) groups excluding carboxylic acids is 1. The van der Waals surface area contributed by atoms with Crippen molar-refractivity contribution in [1.82, 2.24) is 19.8 Å². The van der Waals surface area contributed by atoms with Crippen molar-refractivity contribution in [3.63, 3.8) is 0 Å². The van der Waals surface area contributed by atoms with E-state index < -0.39 is 17.8 Å². The summed E-state index contributed by atoms with van der Waals surface area (Å²) in [5.41, 5.74) is -0.724. The highest BCUT2D eigenvalue weighted by molar-refractivity contribution is 6.21. The summed E-state index contributed by atoms with van der Waals surface area (Å²) in [6.07, 6.45) is 0. The highest BCUT2D eigenvalue weighted by Gasteiger charge is 2.17. The van der Waals surface area contributed by atoms with Crippen LogP contribution in [-0.4, -0.2) is 38.3 Å². The molecule has 90 valence electrons. The second kappa shape index (κ2) is 5.22. The molecule has 1 aromatic heterocycles. The maximum absolute atomic E-state index is 11.6. The van der Waals surface area contributed by atoms with Crippen LogP contribution in [0.1, 0.15) is 5.82 Å². The number of nitrogens with two attached hydrogens (primary N) is 1. The average Bonchev–Trinajstić information content (AvgIpc) is 2.53. The van der Waals surface area contributed by atoms with E-state index in [1.165, 1.54) is 6.92 Å². The Kier molecular flexibility index (Phi) is 4.19. The Morgan fingerprint density at radius 3 is 2.50 bits per heavy atom.